The zero-order valence-electron chi connectivity index (χ0n) is 10.0. The summed E-state index contributed by atoms with van der Waals surface area (Å²) in [7, 11) is 0. The molecule has 2 heterocycles. The molecular weight excluding hydrogens is 216 g/mol. The lowest BCUT2D eigenvalue weighted by atomic mass is 10.1. The smallest absolute Gasteiger partial charge is 0.242 e. The molecular formula is C12H18N4O. The van der Waals surface area contributed by atoms with Gasteiger partial charge >= 0.3 is 0 Å². The summed E-state index contributed by atoms with van der Waals surface area (Å²) in [6, 6.07) is 3.78. The second kappa shape index (κ2) is 5.14. The Balaban J connectivity index is 2.21. The second-order valence-electron chi connectivity index (χ2n) is 4.14. The van der Waals surface area contributed by atoms with Gasteiger partial charge < -0.3 is 16.0 Å². The summed E-state index contributed by atoms with van der Waals surface area (Å²) in [5.74, 6) is 0.937. The maximum absolute atomic E-state index is 11.7. The van der Waals surface area contributed by atoms with Crippen LogP contribution in [0.4, 0.5) is 5.82 Å². The van der Waals surface area contributed by atoms with E-state index in [9.17, 15) is 4.79 Å². The van der Waals surface area contributed by atoms with E-state index >= 15 is 0 Å². The van der Waals surface area contributed by atoms with Crippen molar-refractivity contribution in [3.8, 4) is 0 Å². The molecule has 5 nitrogen and oxygen atoms in total. The minimum Gasteiger partial charge on any atom is -0.353 e. The number of nitrogens with zero attached hydrogens (tertiary/aromatic N) is 2. The van der Waals surface area contributed by atoms with Crippen molar-refractivity contribution in [2.24, 2.45) is 5.73 Å². The molecule has 1 atom stereocenters. The van der Waals surface area contributed by atoms with E-state index in [1.807, 2.05) is 19.1 Å². The van der Waals surface area contributed by atoms with Crippen LogP contribution in [0.15, 0.2) is 18.3 Å². The highest BCUT2D eigenvalue weighted by Crippen LogP contribution is 2.18. The Morgan fingerprint density at radius 3 is 3.00 bits per heavy atom. The lowest BCUT2D eigenvalue weighted by Crippen LogP contribution is -2.55. The molecule has 0 bridgehead atoms. The highest BCUT2D eigenvalue weighted by Gasteiger charge is 2.28. The van der Waals surface area contributed by atoms with E-state index in [0.29, 0.717) is 13.1 Å². The number of rotatable bonds is 3. The predicted molar refractivity (Wildman–Crippen MR) is 66.6 cm³/mol. The number of pyridine rings is 1. The molecule has 0 aromatic carbocycles. The molecule has 1 aliphatic rings. The molecule has 0 aliphatic carbocycles. The Kier molecular flexibility index (Phi) is 3.58. The van der Waals surface area contributed by atoms with Gasteiger partial charge in [-0.25, -0.2) is 4.98 Å². The number of aromatic nitrogens is 1. The molecule has 2 rings (SSSR count). The summed E-state index contributed by atoms with van der Waals surface area (Å²) < 4.78 is 0. The Labute approximate surface area is 101 Å². The number of carbonyl (C=O) groups is 1. The van der Waals surface area contributed by atoms with Crippen molar-refractivity contribution >= 4 is 11.7 Å². The first kappa shape index (κ1) is 11.9. The van der Waals surface area contributed by atoms with Crippen molar-refractivity contribution in [3.05, 3.63) is 23.9 Å². The third-order valence-corrected chi connectivity index (χ3v) is 3.06. The largest absolute Gasteiger partial charge is 0.353 e. The van der Waals surface area contributed by atoms with Crippen LogP contribution in [0.5, 0.6) is 0 Å². The molecule has 17 heavy (non-hydrogen) atoms. The standard InChI is InChI=1S/C12H18N4O/c1-2-10-12(17)14-5-6-16(10)11-4-3-9(7-13)8-15-11/h3-4,8,10H,2,5-7,13H2,1H3,(H,14,17). The van der Waals surface area contributed by atoms with E-state index in [1.54, 1.807) is 6.20 Å². The highest BCUT2D eigenvalue weighted by atomic mass is 16.2. The van der Waals surface area contributed by atoms with Crippen molar-refractivity contribution in [1.82, 2.24) is 10.3 Å². The van der Waals surface area contributed by atoms with E-state index in [-0.39, 0.29) is 11.9 Å². The molecule has 3 N–H and O–H groups in total. The Morgan fingerprint density at radius 2 is 2.41 bits per heavy atom. The molecule has 5 heteroatoms. The third kappa shape index (κ3) is 2.39. The highest BCUT2D eigenvalue weighted by molar-refractivity contribution is 5.86. The Hall–Kier alpha value is -1.62. The van der Waals surface area contributed by atoms with Gasteiger partial charge in [0.2, 0.25) is 5.91 Å². The topological polar surface area (TPSA) is 71.2 Å². The zero-order chi connectivity index (χ0) is 12.3. The maximum Gasteiger partial charge on any atom is 0.242 e. The molecule has 0 radical (unpaired) electrons. The molecule has 1 unspecified atom stereocenters. The lowest BCUT2D eigenvalue weighted by Gasteiger charge is -2.35. The second-order valence-corrected chi connectivity index (χ2v) is 4.14. The lowest BCUT2D eigenvalue weighted by molar-refractivity contribution is -0.123. The van der Waals surface area contributed by atoms with Crippen LogP contribution in [0.2, 0.25) is 0 Å². The third-order valence-electron chi connectivity index (χ3n) is 3.06. The predicted octanol–water partition coefficient (Wildman–Crippen LogP) is 0.255. The normalized spacial score (nSPS) is 20.2. The number of hydrogen-bond donors (Lipinski definition) is 2. The summed E-state index contributed by atoms with van der Waals surface area (Å²) in [4.78, 5) is 18.2. The fourth-order valence-electron chi connectivity index (χ4n) is 2.10. The quantitative estimate of drug-likeness (QED) is 0.786. The summed E-state index contributed by atoms with van der Waals surface area (Å²) in [6.45, 7) is 3.98. The van der Waals surface area contributed by atoms with Crippen LogP contribution in [0.3, 0.4) is 0 Å². The van der Waals surface area contributed by atoms with Gasteiger partial charge in [0, 0.05) is 25.8 Å². The average Bonchev–Trinajstić information content (AvgIpc) is 2.38. The molecule has 1 saturated heterocycles. The van der Waals surface area contributed by atoms with Crippen LogP contribution in [-0.4, -0.2) is 30.0 Å². The van der Waals surface area contributed by atoms with Gasteiger partial charge in [0.1, 0.15) is 11.9 Å². The number of carbonyl (C=O) groups excluding carboxylic acids is 1. The van der Waals surface area contributed by atoms with E-state index in [1.165, 1.54) is 0 Å². The Morgan fingerprint density at radius 1 is 1.59 bits per heavy atom. The van der Waals surface area contributed by atoms with Gasteiger partial charge in [-0.1, -0.05) is 13.0 Å². The summed E-state index contributed by atoms with van der Waals surface area (Å²) >= 11 is 0. The van der Waals surface area contributed by atoms with E-state index in [4.69, 9.17) is 5.73 Å². The van der Waals surface area contributed by atoms with Gasteiger partial charge in [-0.3, -0.25) is 4.79 Å². The van der Waals surface area contributed by atoms with Crippen LogP contribution < -0.4 is 16.0 Å². The number of nitrogens with one attached hydrogen (secondary N) is 1. The monoisotopic (exact) mass is 234 g/mol. The molecule has 92 valence electrons. The first-order valence-corrected chi connectivity index (χ1v) is 5.95. The number of anilines is 1. The number of piperazine rings is 1. The summed E-state index contributed by atoms with van der Waals surface area (Å²) in [6.07, 6.45) is 2.56. The van der Waals surface area contributed by atoms with Crippen molar-refractivity contribution in [2.75, 3.05) is 18.0 Å². The summed E-state index contributed by atoms with van der Waals surface area (Å²) in [5, 5.41) is 2.88. The van der Waals surface area contributed by atoms with Gasteiger partial charge in [0.15, 0.2) is 0 Å². The van der Waals surface area contributed by atoms with Crippen molar-refractivity contribution in [3.63, 3.8) is 0 Å². The van der Waals surface area contributed by atoms with Gasteiger partial charge in [-0.15, -0.1) is 0 Å². The Bertz CT molecular complexity index is 390. The first-order chi connectivity index (χ1) is 8.26. The fraction of sp³-hybridized carbons (Fsp3) is 0.500. The molecule has 1 aliphatic heterocycles. The van der Waals surface area contributed by atoms with Crippen molar-refractivity contribution in [1.29, 1.82) is 0 Å². The number of nitrogens with two attached hydrogens (primary N) is 1. The average molecular weight is 234 g/mol. The minimum atomic E-state index is -0.111. The first-order valence-electron chi connectivity index (χ1n) is 5.95. The van der Waals surface area contributed by atoms with Crippen LogP contribution in [0, 0.1) is 0 Å². The van der Waals surface area contributed by atoms with Gasteiger partial charge in [-0.05, 0) is 18.1 Å². The minimum absolute atomic E-state index is 0.0865. The zero-order valence-corrected chi connectivity index (χ0v) is 10.0. The van der Waals surface area contributed by atoms with Crippen LogP contribution in [-0.2, 0) is 11.3 Å². The van der Waals surface area contributed by atoms with E-state index in [0.717, 1.165) is 24.3 Å². The SMILES string of the molecule is CCC1C(=O)NCCN1c1ccc(CN)cn1. The van der Waals surface area contributed by atoms with E-state index in [2.05, 4.69) is 15.2 Å². The molecule has 0 saturated carbocycles. The van der Waals surface area contributed by atoms with Gasteiger partial charge in [0.05, 0.1) is 0 Å². The van der Waals surface area contributed by atoms with Crippen LogP contribution >= 0.6 is 0 Å². The molecule has 1 aromatic heterocycles. The number of amides is 1. The van der Waals surface area contributed by atoms with Crippen molar-refractivity contribution < 1.29 is 4.79 Å². The molecule has 1 fully saturated rings. The van der Waals surface area contributed by atoms with Crippen LogP contribution in [0.25, 0.3) is 0 Å². The molecule has 1 amide bonds. The van der Waals surface area contributed by atoms with Gasteiger partial charge in [-0.2, -0.15) is 0 Å². The van der Waals surface area contributed by atoms with E-state index < -0.39 is 0 Å². The van der Waals surface area contributed by atoms with Crippen molar-refractivity contribution in [2.45, 2.75) is 25.9 Å². The maximum atomic E-state index is 11.7. The summed E-state index contributed by atoms with van der Waals surface area (Å²) in [5.41, 5.74) is 6.54. The fourth-order valence-corrected chi connectivity index (χ4v) is 2.10. The molecule has 0 spiro atoms. The van der Waals surface area contributed by atoms with Gasteiger partial charge in [0.25, 0.3) is 0 Å². The van der Waals surface area contributed by atoms with Crippen LogP contribution in [0.1, 0.15) is 18.9 Å². The molecule has 1 aromatic rings. The number of hydrogen-bond acceptors (Lipinski definition) is 4.